The van der Waals surface area contributed by atoms with Gasteiger partial charge in [-0.15, -0.1) is 0 Å². The van der Waals surface area contributed by atoms with Gasteiger partial charge in [0.05, 0.1) is 41.0 Å². The fraction of sp³-hybridized carbons (Fsp3) is 0.250. The molecule has 2 heterocycles. The number of carbonyl (C=O) groups is 1. The average molecular weight is 581 g/mol. The number of hydrogen-bond donors (Lipinski definition) is 2. The van der Waals surface area contributed by atoms with Crippen LogP contribution in [0.25, 0.3) is 10.9 Å². The molecule has 1 aromatic heterocycles. The van der Waals surface area contributed by atoms with E-state index in [1.165, 1.54) is 48.8 Å². The largest absolute Gasteiger partial charge is 0.491 e. The second-order valence-electron chi connectivity index (χ2n) is 9.26. The second-order valence-corrected chi connectivity index (χ2v) is 9.67. The number of halogens is 2. The van der Waals surface area contributed by atoms with Crippen LogP contribution in [0.5, 0.6) is 5.75 Å². The molecule has 1 amide bonds. The van der Waals surface area contributed by atoms with Gasteiger partial charge in [-0.25, -0.2) is 14.4 Å². The van der Waals surface area contributed by atoms with Crippen LogP contribution in [0.2, 0.25) is 5.02 Å². The molecule has 0 aliphatic carbocycles. The van der Waals surface area contributed by atoms with Gasteiger partial charge in [0.25, 0.3) is 11.6 Å². The Balaban J connectivity index is 1.43. The lowest BCUT2D eigenvalue weighted by Crippen LogP contribution is -2.37. The summed E-state index contributed by atoms with van der Waals surface area (Å²) >= 11 is 5.94. The molecular weight excluding hydrogens is 555 g/mol. The van der Waals surface area contributed by atoms with Gasteiger partial charge < -0.3 is 20.1 Å². The lowest BCUT2D eigenvalue weighted by atomic mass is 10.1. The normalized spacial score (nSPS) is 13.6. The van der Waals surface area contributed by atoms with Crippen LogP contribution in [0.1, 0.15) is 16.8 Å². The highest BCUT2D eigenvalue weighted by Crippen LogP contribution is 2.34. The Morgan fingerprint density at radius 2 is 1.98 bits per heavy atom. The number of carbonyl (C=O) groups excluding carboxylic acids is 1. The molecule has 3 aromatic carbocycles. The predicted octanol–water partition coefficient (Wildman–Crippen LogP) is 5.43. The summed E-state index contributed by atoms with van der Waals surface area (Å²) in [7, 11) is 0. The van der Waals surface area contributed by atoms with Crippen LogP contribution >= 0.6 is 11.6 Å². The maximum Gasteiger partial charge on any atom is 0.270 e. The van der Waals surface area contributed by atoms with Gasteiger partial charge in [0, 0.05) is 54.5 Å². The summed E-state index contributed by atoms with van der Waals surface area (Å²) in [5.74, 6) is -0.329. The molecule has 1 saturated heterocycles. The molecule has 4 aromatic rings. The van der Waals surface area contributed by atoms with Crippen LogP contribution in [-0.2, 0) is 4.74 Å². The van der Waals surface area contributed by atoms with E-state index in [4.69, 9.17) is 21.1 Å². The van der Waals surface area contributed by atoms with Crippen LogP contribution in [-0.4, -0.2) is 65.2 Å². The molecule has 41 heavy (non-hydrogen) atoms. The Labute approximate surface area is 239 Å². The van der Waals surface area contributed by atoms with Crippen LogP contribution in [0.3, 0.4) is 0 Å². The van der Waals surface area contributed by atoms with Crippen molar-refractivity contribution in [3.05, 3.63) is 87.4 Å². The first-order valence-corrected chi connectivity index (χ1v) is 13.2. The van der Waals surface area contributed by atoms with Crippen molar-refractivity contribution in [3.63, 3.8) is 0 Å². The molecule has 1 aliphatic rings. The third-order valence-electron chi connectivity index (χ3n) is 6.47. The number of benzene rings is 3. The first kappa shape index (κ1) is 28.1. The van der Waals surface area contributed by atoms with Crippen LogP contribution in [0, 0.1) is 15.9 Å². The lowest BCUT2D eigenvalue weighted by Gasteiger charge is -2.26. The SMILES string of the molecule is O=C(Nc1cc2c(Nc3ccc(F)c(Cl)c3)ncnc2cc1OCCCN1CCOCC1)c1cccc([N+](=O)[O-])c1. The van der Waals surface area contributed by atoms with Crippen molar-refractivity contribution >= 4 is 51.3 Å². The number of aromatic nitrogens is 2. The highest BCUT2D eigenvalue weighted by molar-refractivity contribution is 6.31. The number of rotatable bonds is 10. The van der Waals surface area contributed by atoms with E-state index in [9.17, 15) is 19.3 Å². The second kappa shape index (κ2) is 12.9. The molecule has 0 saturated carbocycles. The number of nitro benzene ring substituents is 1. The summed E-state index contributed by atoms with van der Waals surface area (Å²) in [5.41, 5.74) is 1.28. The van der Waals surface area contributed by atoms with Crippen molar-refractivity contribution in [3.8, 4) is 5.75 Å². The third-order valence-corrected chi connectivity index (χ3v) is 6.76. The van der Waals surface area contributed by atoms with Gasteiger partial charge >= 0.3 is 0 Å². The molecule has 0 unspecified atom stereocenters. The molecule has 212 valence electrons. The first-order chi connectivity index (χ1) is 19.9. The minimum Gasteiger partial charge on any atom is -0.491 e. The maximum absolute atomic E-state index is 13.7. The number of non-ortho nitro benzene ring substituents is 1. The molecule has 2 N–H and O–H groups in total. The smallest absolute Gasteiger partial charge is 0.270 e. The molecule has 1 aliphatic heterocycles. The number of anilines is 3. The number of ether oxygens (including phenoxy) is 2. The van der Waals surface area contributed by atoms with E-state index in [2.05, 4.69) is 25.5 Å². The predicted molar refractivity (Wildman–Crippen MR) is 153 cm³/mol. The van der Waals surface area contributed by atoms with E-state index >= 15 is 0 Å². The molecule has 0 atom stereocenters. The van der Waals surface area contributed by atoms with Gasteiger partial charge in [-0.3, -0.25) is 19.8 Å². The lowest BCUT2D eigenvalue weighted by molar-refractivity contribution is -0.384. The zero-order chi connectivity index (χ0) is 28.8. The van der Waals surface area contributed by atoms with E-state index in [1.807, 2.05) is 0 Å². The summed E-state index contributed by atoms with van der Waals surface area (Å²) < 4.78 is 25.2. The Bertz CT molecular complexity index is 1580. The quantitative estimate of drug-likeness (QED) is 0.143. The minimum absolute atomic E-state index is 0.0500. The van der Waals surface area contributed by atoms with Crippen molar-refractivity contribution in [1.29, 1.82) is 0 Å². The van der Waals surface area contributed by atoms with Crippen molar-refractivity contribution in [2.75, 3.05) is 50.1 Å². The Morgan fingerprint density at radius 1 is 1.15 bits per heavy atom. The van der Waals surface area contributed by atoms with Gasteiger partial charge in [-0.05, 0) is 36.8 Å². The van der Waals surface area contributed by atoms with E-state index < -0.39 is 16.6 Å². The molecule has 13 heteroatoms. The van der Waals surface area contributed by atoms with Crippen LogP contribution < -0.4 is 15.4 Å². The highest BCUT2D eigenvalue weighted by atomic mass is 35.5. The highest BCUT2D eigenvalue weighted by Gasteiger charge is 2.17. The summed E-state index contributed by atoms with van der Waals surface area (Å²) in [6.07, 6.45) is 2.12. The fourth-order valence-electron chi connectivity index (χ4n) is 4.36. The van der Waals surface area contributed by atoms with Crippen molar-refractivity contribution in [1.82, 2.24) is 14.9 Å². The van der Waals surface area contributed by atoms with Gasteiger partial charge in [-0.2, -0.15) is 0 Å². The summed E-state index contributed by atoms with van der Waals surface area (Å²) in [6.45, 7) is 4.37. The van der Waals surface area contributed by atoms with E-state index in [0.29, 0.717) is 53.7 Å². The number of morpholine rings is 1. The van der Waals surface area contributed by atoms with Crippen molar-refractivity contribution in [2.45, 2.75) is 6.42 Å². The molecule has 0 bridgehead atoms. The number of hydrogen-bond acceptors (Lipinski definition) is 9. The van der Waals surface area contributed by atoms with E-state index in [0.717, 1.165) is 26.1 Å². The number of nitro groups is 1. The average Bonchev–Trinajstić information content (AvgIpc) is 2.98. The number of nitrogens with zero attached hydrogens (tertiary/aromatic N) is 4. The standard InChI is InChI=1S/C28H26ClFN6O5/c29-22-14-19(5-6-23(22)30)33-27-21-15-25(34-28(37)18-3-1-4-20(13-18)36(38)39)26(16-24(21)31-17-32-27)41-10-2-7-35-8-11-40-12-9-35/h1,3-6,13-17H,2,7-12H2,(H,34,37)(H,31,32,33). The number of nitrogens with one attached hydrogen (secondary N) is 2. The molecule has 0 spiro atoms. The topological polar surface area (TPSA) is 132 Å². The van der Waals surface area contributed by atoms with Crippen molar-refractivity contribution < 1.29 is 23.6 Å². The summed E-state index contributed by atoms with van der Waals surface area (Å²) in [6, 6.07) is 13.0. The van der Waals surface area contributed by atoms with Crippen LogP contribution in [0.4, 0.5) is 27.3 Å². The number of fused-ring (bicyclic) bond motifs is 1. The van der Waals surface area contributed by atoms with E-state index in [-0.39, 0.29) is 16.3 Å². The number of amides is 1. The maximum atomic E-state index is 13.7. The van der Waals surface area contributed by atoms with Gasteiger partial charge in [0.15, 0.2) is 0 Å². The zero-order valence-electron chi connectivity index (χ0n) is 21.8. The van der Waals surface area contributed by atoms with Gasteiger partial charge in [0.2, 0.25) is 0 Å². The summed E-state index contributed by atoms with van der Waals surface area (Å²) in [5, 5.41) is 17.6. The van der Waals surface area contributed by atoms with Crippen LogP contribution in [0.15, 0.2) is 60.9 Å². The summed E-state index contributed by atoms with van der Waals surface area (Å²) in [4.78, 5) is 34.8. The Morgan fingerprint density at radius 3 is 2.76 bits per heavy atom. The van der Waals surface area contributed by atoms with Crippen molar-refractivity contribution in [2.24, 2.45) is 0 Å². The molecular formula is C28H26ClFN6O5. The molecule has 1 fully saturated rings. The van der Waals surface area contributed by atoms with E-state index in [1.54, 1.807) is 12.1 Å². The zero-order valence-corrected chi connectivity index (χ0v) is 22.6. The molecule has 11 nitrogen and oxygen atoms in total. The molecule has 5 rings (SSSR count). The van der Waals surface area contributed by atoms with Gasteiger partial charge in [0.1, 0.15) is 23.7 Å². The first-order valence-electron chi connectivity index (χ1n) is 12.9. The molecule has 0 radical (unpaired) electrons. The monoisotopic (exact) mass is 580 g/mol. The van der Waals surface area contributed by atoms with Gasteiger partial charge in [-0.1, -0.05) is 17.7 Å². The Hall–Kier alpha value is -4.39. The minimum atomic E-state index is -0.563. The Kier molecular flexibility index (Phi) is 8.82. The third kappa shape index (κ3) is 7.04. The fourth-order valence-corrected chi connectivity index (χ4v) is 4.54.